The molecular weight excluding hydrogens is 162 g/mol. The number of rotatable bonds is 4. The normalized spacial score (nSPS) is 31.6. The molecule has 0 bridgehead atoms. The van der Waals surface area contributed by atoms with Crippen molar-refractivity contribution in [1.82, 2.24) is 5.32 Å². The number of hydrogen-bond acceptors (Lipinski definition) is 2. The lowest BCUT2D eigenvalue weighted by molar-refractivity contribution is 0.152. The summed E-state index contributed by atoms with van der Waals surface area (Å²) in [6.07, 6.45) is 3.93. The number of piperidine rings is 1. The van der Waals surface area contributed by atoms with E-state index in [1.807, 2.05) is 0 Å². The second-order valence-electron chi connectivity index (χ2n) is 4.41. The highest BCUT2D eigenvalue weighted by Crippen LogP contribution is 2.24. The van der Waals surface area contributed by atoms with Gasteiger partial charge in [0.15, 0.2) is 0 Å². The summed E-state index contributed by atoms with van der Waals surface area (Å²) in [5, 5.41) is 3.55. The molecular formula is C11H23NO. The number of hydrogen-bond donors (Lipinski definition) is 1. The van der Waals surface area contributed by atoms with Gasteiger partial charge >= 0.3 is 0 Å². The van der Waals surface area contributed by atoms with Gasteiger partial charge in [0.05, 0.1) is 0 Å². The van der Waals surface area contributed by atoms with Gasteiger partial charge in [-0.3, -0.25) is 0 Å². The first-order valence-electron chi connectivity index (χ1n) is 5.46. The predicted octanol–water partition coefficient (Wildman–Crippen LogP) is 2.05. The molecule has 1 rings (SSSR count). The van der Waals surface area contributed by atoms with Crippen LogP contribution in [0.15, 0.2) is 0 Å². The maximum atomic E-state index is 5.10. The summed E-state index contributed by atoms with van der Waals surface area (Å²) in [6, 6.07) is 0.728. The maximum absolute atomic E-state index is 5.10. The average molecular weight is 185 g/mol. The molecule has 3 atom stereocenters. The van der Waals surface area contributed by atoms with Gasteiger partial charge in [0, 0.05) is 19.8 Å². The van der Waals surface area contributed by atoms with Gasteiger partial charge in [0.1, 0.15) is 0 Å². The van der Waals surface area contributed by atoms with Crippen LogP contribution in [0.25, 0.3) is 0 Å². The molecule has 0 saturated carbocycles. The first-order chi connectivity index (χ1) is 6.24. The fourth-order valence-electron chi connectivity index (χ4n) is 2.05. The first kappa shape index (κ1) is 11.0. The van der Waals surface area contributed by atoms with E-state index in [1.54, 1.807) is 7.11 Å². The van der Waals surface area contributed by atoms with Crippen LogP contribution in [-0.4, -0.2) is 26.3 Å². The van der Waals surface area contributed by atoms with Crippen molar-refractivity contribution in [2.75, 3.05) is 20.3 Å². The average Bonchev–Trinajstić information content (AvgIpc) is 2.15. The quantitative estimate of drug-likeness (QED) is 0.723. The van der Waals surface area contributed by atoms with E-state index < -0.39 is 0 Å². The molecule has 2 nitrogen and oxygen atoms in total. The molecule has 1 fully saturated rings. The lowest BCUT2D eigenvalue weighted by atomic mass is 9.84. The Bertz CT molecular complexity index is 130. The summed E-state index contributed by atoms with van der Waals surface area (Å²) in [5.74, 6) is 1.67. The molecule has 1 N–H and O–H groups in total. The molecule has 13 heavy (non-hydrogen) atoms. The van der Waals surface area contributed by atoms with Crippen LogP contribution in [0.4, 0.5) is 0 Å². The van der Waals surface area contributed by atoms with Crippen LogP contribution >= 0.6 is 0 Å². The largest absolute Gasteiger partial charge is 0.385 e. The second-order valence-corrected chi connectivity index (χ2v) is 4.41. The summed E-state index contributed by atoms with van der Waals surface area (Å²) in [4.78, 5) is 0. The van der Waals surface area contributed by atoms with E-state index in [2.05, 4.69) is 19.2 Å². The highest BCUT2D eigenvalue weighted by molar-refractivity contribution is 4.77. The van der Waals surface area contributed by atoms with E-state index in [1.165, 1.54) is 25.8 Å². The van der Waals surface area contributed by atoms with Gasteiger partial charge in [-0.1, -0.05) is 6.92 Å². The van der Waals surface area contributed by atoms with Crippen molar-refractivity contribution in [3.63, 3.8) is 0 Å². The first-order valence-corrected chi connectivity index (χ1v) is 5.46. The van der Waals surface area contributed by atoms with Crippen molar-refractivity contribution in [2.24, 2.45) is 11.8 Å². The molecule has 0 amide bonds. The van der Waals surface area contributed by atoms with Gasteiger partial charge in [0.25, 0.3) is 0 Å². The zero-order valence-electron chi connectivity index (χ0n) is 9.18. The van der Waals surface area contributed by atoms with Gasteiger partial charge in [-0.25, -0.2) is 0 Å². The third-order valence-electron chi connectivity index (χ3n) is 3.28. The van der Waals surface area contributed by atoms with E-state index in [0.717, 1.165) is 24.5 Å². The maximum Gasteiger partial charge on any atom is 0.0464 e. The standard InChI is InChI=1S/C11H23NO/c1-9(6-7-13-3)11-5-4-10(2)12-8-11/h9-12H,4-8H2,1-3H3. The van der Waals surface area contributed by atoms with Gasteiger partial charge in [0.2, 0.25) is 0 Å². The van der Waals surface area contributed by atoms with Crippen molar-refractivity contribution in [3.8, 4) is 0 Å². The summed E-state index contributed by atoms with van der Waals surface area (Å²) in [6.45, 7) is 6.73. The van der Waals surface area contributed by atoms with Crippen molar-refractivity contribution < 1.29 is 4.74 Å². The lowest BCUT2D eigenvalue weighted by Crippen LogP contribution is -2.39. The molecule has 78 valence electrons. The lowest BCUT2D eigenvalue weighted by Gasteiger charge is -2.31. The highest BCUT2D eigenvalue weighted by atomic mass is 16.5. The monoisotopic (exact) mass is 185 g/mol. The molecule has 0 aromatic carbocycles. The molecule has 0 radical (unpaired) electrons. The van der Waals surface area contributed by atoms with Gasteiger partial charge in [-0.05, 0) is 44.6 Å². The third kappa shape index (κ3) is 3.65. The van der Waals surface area contributed by atoms with Crippen LogP contribution in [0.2, 0.25) is 0 Å². The summed E-state index contributed by atoms with van der Waals surface area (Å²) in [5.41, 5.74) is 0. The minimum absolute atomic E-state index is 0.728. The molecule has 3 unspecified atom stereocenters. The van der Waals surface area contributed by atoms with Gasteiger partial charge in [-0.15, -0.1) is 0 Å². The summed E-state index contributed by atoms with van der Waals surface area (Å²) in [7, 11) is 1.79. The molecule has 0 aromatic rings. The molecule has 2 heteroatoms. The molecule has 1 aliphatic heterocycles. The second kappa shape index (κ2) is 5.61. The van der Waals surface area contributed by atoms with Crippen molar-refractivity contribution >= 4 is 0 Å². The molecule has 0 aromatic heterocycles. The zero-order chi connectivity index (χ0) is 9.68. The minimum Gasteiger partial charge on any atom is -0.385 e. The van der Waals surface area contributed by atoms with Crippen molar-refractivity contribution in [2.45, 2.75) is 39.2 Å². The third-order valence-corrected chi connectivity index (χ3v) is 3.28. The van der Waals surface area contributed by atoms with Gasteiger partial charge < -0.3 is 10.1 Å². The molecule has 1 aliphatic rings. The SMILES string of the molecule is COCCC(C)C1CCC(C)NC1. The Kier molecular flexibility index (Phi) is 4.74. The topological polar surface area (TPSA) is 21.3 Å². The molecule has 1 heterocycles. The molecule has 1 saturated heterocycles. The van der Waals surface area contributed by atoms with E-state index in [4.69, 9.17) is 4.74 Å². The number of ether oxygens (including phenoxy) is 1. The van der Waals surface area contributed by atoms with Crippen LogP contribution in [0.5, 0.6) is 0 Å². The predicted molar refractivity (Wildman–Crippen MR) is 55.8 cm³/mol. The highest BCUT2D eigenvalue weighted by Gasteiger charge is 2.22. The number of nitrogens with one attached hydrogen (secondary N) is 1. The van der Waals surface area contributed by atoms with Crippen molar-refractivity contribution in [1.29, 1.82) is 0 Å². The van der Waals surface area contributed by atoms with E-state index in [9.17, 15) is 0 Å². The zero-order valence-corrected chi connectivity index (χ0v) is 9.18. The van der Waals surface area contributed by atoms with Crippen LogP contribution in [0, 0.1) is 11.8 Å². The Hall–Kier alpha value is -0.0800. The fraction of sp³-hybridized carbons (Fsp3) is 1.00. The Morgan fingerprint density at radius 3 is 2.77 bits per heavy atom. The summed E-state index contributed by atoms with van der Waals surface area (Å²) >= 11 is 0. The Balaban J connectivity index is 2.19. The Labute approximate surface area is 82.0 Å². The van der Waals surface area contributed by atoms with Crippen LogP contribution in [0.1, 0.15) is 33.1 Å². The van der Waals surface area contributed by atoms with E-state index >= 15 is 0 Å². The molecule has 0 spiro atoms. The van der Waals surface area contributed by atoms with E-state index in [-0.39, 0.29) is 0 Å². The van der Waals surface area contributed by atoms with Gasteiger partial charge in [-0.2, -0.15) is 0 Å². The van der Waals surface area contributed by atoms with Crippen LogP contribution in [0.3, 0.4) is 0 Å². The smallest absolute Gasteiger partial charge is 0.0464 e. The summed E-state index contributed by atoms with van der Waals surface area (Å²) < 4.78 is 5.10. The van der Waals surface area contributed by atoms with Crippen LogP contribution < -0.4 is 5.32 Å². The fourth-order valence-corrected chi connectivity index (χ4v) is 2.05. The van der Waals surface area contributed by atoms with E-state index in [0.29, 0.717) is 0 Å². The number of methoxy groups -OCH3 is 1. The van der Waals surface area contributed by atoms with Crippen LogP contribution in [-0.2, 0) is 4.74 Å². The Morgan fingerprint density at radius 1 is 1.46 bits per heavy atom. The molecule has 0 aliphatic carbocycles. The minimum atomic E-state index is 0.728. The van der Waals surface area contributed by atoms with Crippen molar-refractivity contribution in [3.05, 3.63) is 0 Å². The Morgan fingerprint density at radius 2 is 2.23 bits per heavy atom.